The quantitative estimate of drug-likeness (QED) is 0.466. The number of thiazole rings is 1. The van der Waals surface area contributed by atoms with Gasteiger partial charge in [0, 0.05) is 42.8 Å². The fourth-order valence-electron chi connectivity index (χ4n) is 4.18. The molecule has 35 heavy (non-hydrogen) atoms. The van der Waals surface area contributed by atoms with Crippen LogP contribution in [0.2, 0.25) is 0 Å². The molecule has 2 heterocycles. The zero-order valence-corrected chi connectivity index (χ0v) is 21.1. The summed E-state index contributed by atoms with van der Waals surface area (Å²) in [5.41, 5.74) is 2.49. The summed E-state index contributed by atoms with van der Waals surface area (Å²) in [4.78, 5) is 34.3. The highest BCUT2D eigenvalue weighted by molar-refractivity contribution is 7.09. The number of carbonyl (C=O) groups is 2. The van der Waals surface area contributed by atoms with Crippen LogP contribution in [0, 0.1) is 0 Å². The average molecular weight is 492 g/mol. The number of rotatable bonds is 8. The molecule has 2 aromatic carbocycles. The number of likely N-dealkylation sites (tertiary alicyclic amines) is 1. The van der Waals surface area contributed by atoms with E-state index in [1.807, 2.05) is 50.2 Å². The van der Waals surface area contributed by atoms with Crippen LogP contribution in [0.5, 0.6) is 0 Å². The van der Waals surface area contributed by atoms with Gasteiger partial charge in [-0.1, -0.05) is 48.5 Å². The molecule has 3 aromatic rings. The van der Waals surface area contributed by atoms with Crippen LogP contribution in [0.25, 0.3) is 0 Å². The van der Waals surface area contributed by atoms with Crippen molar-refractivity contribution in [2.24, 2.45) is 0 Å². The molecule has 0 bridgehead atoms. The number of hydrogen-bond acceptors (Lipinski definition) is 5. The largest absolute Gasteiger partial charge is 0.348 e. The Bertz CT molecular complexity index is 1100. The summed E-state index contributed by atoms with van der Waals surface area (Å²) in [5.74, 6) is -0.140. The summed E-state index contributed by atoms with van der Waals surface area (Å²) in [7, 11) is 0. The first-order valence-electron chi connectivity index (χ1n) is 12.1. The normalized spacial score (nSPS) is 14.6. The number of urea groups is 1. The molecule has 3 amide bonds. The summed E-state index contributed by atoms with van der Waals surface area (Å²) in [5, 5.41) is 8.60. The Balaban J connectivity index is 1.27. The van der Waals surface area contributed by atoms with Crippen LogP contribution in [0.4, 0.5) is 10.5 Å². The first-order valence-corrected chi connectivity index (χ1v) is 13.0. The summed E-state index contributed by atoms with van der Waals surface area (Å²) in [6.45, 7) is 7.16. The Hall–Kier alpha value is -3.23. The van der Waals surface area contributed by atoms with Gasteiger partial charge in [-0.15, -0.1) is 11.3 Å². The van der Waals surface area contributed by atoms with E-state index in [0.29, 0.717) is 12.2 Å². The number of aromatic nitrogens is 1. The molecule has 8 heteroatoms. The highest BCUT2D eigenvalue weighted by atomic mass is 32.1. The fourth-order valence-corrected chi connectivity index (χ4v) is 4.95. The van der Waals surface area contributed by atoms with Crippen molar-refractivity contribution in [2.45, 2.75) is 51.9 Å². The minimum atomic E-state index is -0.185. The number of piperidine rings is 1. The van der Waals surface area contributed by atoms with Crippen molar-refractivity contribution in [1.82, 2.24) is 20.1 Å². The zero-order chi connectivity index (χ0) is 24.6. The van der Waals surface area contributed by atoms with E-state index in [0.717, 1.165) is 43.2 Å². The van der Waals surface area contributed by atoms with Gasteiger partial charge in [-0.25, -0.2) is 9.78 Å². The predicted molar refractivity (Wildman–Crippen MR) is 140 cm³/mol. The highest BCUT2D eigenvalue weighted by Crippen LogP contribution is 2.18. The van der Waals surface area contributed by atoms with Crippen LogP contribution in [0.15, 0.2) is 66.0 Å². The van der Waals surface area contributed by atoms with Crippen molar-refractivity contribution in [2.75, 3.05) is 18.4 Å². The van der Waals surface area contributed by atoms with Crippen LogP contribution < -0.4 is 10.6 Å². The van der Waals surface area contributed by atoms with Crippen LogP contribution in [-0.4, -0.2) is 51.9 Å². The molecule has 0 radical (unpaired) electrons. The minimum Gasteiger partial charge on any atom is -0.348 e. The molecule has 0 spiro atoms. The third-order valence-corrected chi connectivity index (χ3v) is 7.00. The van der Waals surface area contributed by atoms with Crippen molar-refractivity contribution < 1.29 is 9.59 Å². The third kappa shape index (κ3) is 7.13. The maximum atomic E-state index is 12.8. The van der Waals surface area contributed by atoms with Gasteiger partial charge in [-0.2, -0.15) is 0 Å². The van der Waals surface area contributed by atoms with E-state index in [4.69, 9.17) is 0 Å². The molecule has 0 atom stereocenters. The van der Waals surface area contributed by atoms with Crippen molar-refractivity contribution in [3.8, 4) is 0 Å². The summed E-state index contributed by atoms with van der Waals surface area (Å²) in [6, 6.07) is 19.8. The van der Waals surface area contributed by atoms with Gasteiger partial charge in [0.05, 0.1) is 6.54 Å². The molecule has 0 aliphatic carbocycles. The summed E-state index contributed by atoms with van der Waals surface area (Å²) in [6.07, 6.45) is 1.85. The van der Waals surface area contributed by atoms with Gasteiger partial charge in [0.1, 0.15) is 10.7 Å². The van der Waals surface area contributed by atoms with Gasteiger partial charge in [0.25, 0.3) is 5.91 Å². The van der Waals surface area contributed by atoms with E-state index in [9.17, 15) is 9.59 Å². The van der Waals surface area contributed by atoms with E-state index >= 15 is 0 Å². The number of carbonyl (C=O) groups excluding carboxylic acids is 2. The Labute approximate surface area is 211 Å². The SMILES string of the molecule is CC(C)N(Cc1nc(C(=O)NC2CCN(Cc3ccccc3)CC2)cs1)C(=O)Nc1ccccc1. The zero-order valence-electron chi connectivity index (χ0n) is 20.3. The standard InChI is InChI=1S/C27H33N5O2S/c1-20(2)32(27(34)29-22-11-7-4-8-12-22)18-25-30-24(19-35-25)26(33)28-23-13-15-31(16-14-23)17-21-9-5-3-6-10-21/h3-12,19-20,23H,13-18H2,1-2H3,(H,28,33)(H,29,34). The van der Waals surface area contributed by atoms with Crippen molar-refractivity contribution in [3.05, 3.63) is 82.3 Å². The van der Waals surface area contributed by atoms with Crippen LogP contribution >= 0.6 is 11.3 Å². The molecule has 0 saturated carbocycles. The number of amides is 3. The highest BCUT2D eigenvalue weighted by Gasteiger charge is 2.23. The first-order chi connectivity index (χ1) is 17.0. The Morgan fingerprint density at radius 2 is 1.71 bits per heavy atom. The smallest absolute Gasteiger partial charge is 0.322 e. The second-order valence-electron chi connectivity index (χ2n) is 9.15. The second kappa shape index (κ2) is 12.0. The topological polar surface area (TPSA) is 77.6 Å². The van der Waals surface area contributed by atoms with Gasteiger partial charge in [0.2, 0.25) is 0 Å². The average Bonchev–Trinajstić information content (AvgIpc) is 3.34. The van der Waals surface area contributed by atoms with E-state index in [-0.39, 0.29) is 24.0 Å². The number of nitrogens with one attached hydrogen (secondary N) is 2. The van der Waals surface area contributed by atoms with Gasteiger partial charge in [-0.3, -0.25) is 9.69 Å². The van der Waals surface area contributed by atoms with E-state index < -0.39 is 0 Å². The predicted octanol–water partition coefficient (Wildman–Crippen LogP) is 4.98. The minimum absolute atomic E-state index is 0.0130. The van der Waals surface area contributed by atoms with Crippen LogP contribution in [0.3, 0.4) is 0 Å². The molecule has 4 rings (SSSR count). The molecule has 1 saturated heterocycles. The van der Waals surface area contributed by atoms with Gasteiger partial charge in [-0.05, 0) is 44.4 Å². The first kappa shape index (κ1) is 24.9. The monoisotopic (exact) mass is 491 g/mol. The summed E-state index contributed by atoms with van der Waals surface area (Å²) < 4.78 is 0. The third-order valence-electron chi connectivity index (χ3n) is 6.17. The summed E-state index contributed by atoms with van der Waals surface area (Å²) >= 11 is 1.41. The van der Waals surface area contributed by atoms with Crippen molar-refractivity contribution in [3.63, 3.8) is 0 Å². The van der Waals surface area contributed by atoms with Gasteiger partial charge < -0.3 is 15.5 Å². The molecule has 184 valence electrons. The molecule has 1 fully saturated rings. The van der Waals surface area contributed by atoms with E-state index in [2.05, 4.69) is 44.8 Å². The van der Waals surface area contributed by atoms with Crippen molar-refractivity contribution in [1.29, 1.82) is 0 Å². The van der Waals surface area contributed by atoms with Crippen molar-refractivity contribution >= 4 is 29.0 Å². The lowest BCUT2D eigenvalue weighted by atomic mass is 10.0. The fraction of sp³-hybridized carbons (Fsp3) is 0.370. The number of para-hydroxylation sites is 1. The number of anilines is 1. The number of hydrogen-bond donors (Lipinski definition) is 2. The van der Waals surface area contributed by atoms with E-state index in [1.165, 1.54) is 16.9 Å². The molecular formula is C27H33N5O2S. The van der Waals surface area contributed by atoms with Crippen LogP contribution in [0.1, 0.15) is 47.7 Å². The Morgan fingerprint density at radius 1 is 1.06 bits per heavy atom. The lowest BCUT2D eigenvalue weighted by Crippen LogP contribution is -2.44. The number of benzene rings is 2. The Kier molecular flexibility index (Phi) is 8.50. The molecule has 7 nitrogen and oxygen atoms in total. The maximum Gasteiger partial charge on any atom is 0.322 e. The molecular weight excluding hydrogens is 458 g/mol. The molecule has 1 aliphatic rings. The van der Waals surface area contributed by atoms with Gasteiger partial charge in [0.15, 0.2) is 0 Å². The van der Waals surface area contributed by atoms with Crippen LogP contribution in [-0.2, 0) is 13.1 Å². The van der Waals surface area contributed by atoms with Gasteiger partial charge >= 0.3 is 6.03 Å². The Morgan fingerprint density at radius 3 is 2.37 bits per heavy atom. The lowest BCUT2D eigenvalue weighted by Gasteiger charge is -2.32. The lowest BCUT2D eigenvalue weighted by molar-refractivity contribution is 0.0904. The molecule has 0 unspecified atom stereocenters. The van der Waals surface area contributed by atoms with E-state index in [1.54, 1.807) is 10.3 Å². The molecule has 2 N–H and O–H groups in total. The maximum absolute atomic E-state index is 12.8. The molecule has 1 aromatic heterocycles. The molecule has 1 aliphatic heterocycles. The second-order valence-corrected chi connectivity index (χ2v) is 10.1. The number of nitrogens with zero attached hydrogens (tertiary/aromatic N) is 3.